The van der Waals surface area contributed by atoms with Gasteiger partial charge in [-0.15, -0.1) is 0 Å². The van der Waals surface area contributed by atoms with Crippen molar-refractivity contribution in [3.8, 4) is 0 Å². The van der Waals surface area contributed by atoms with Gasteiger partial charge in [-0.3, -0.25) is 0 Å². The van der Waals surface area contributed by atoms with Crippen LogP contribution in [0.2, 0.25) is 0 Å². The van der Waals surface area contributed by atoms with Gasteiger partial charge in [0.2, 0.25) is 16.0 Å². The van der Waals surface area contributed by atoms with Gasteiger partial charge in [-0.2, -0.15) is 4.31 Å². The summed E-state index contributed by atoms with van der Waals surface area (Å²) in [4.78, 5) is 8.19. The molecule has 1 aromatic heterocycles. The summed E-state index contributed by atoms with van der Waals surface area (Å²) >= 11 is 0. The molecule has 0 spiro atoms. The lowest BCUT2D eigenvalue weighted by Gasteiger charge is -2.22. The third-order valence-electron chi connectivity index (χ3n) is 4.20. The predicted molar refractivity (Wildman–Crippen MR) is 89.4 cm³/mol. The number of anilines is 1. The van der Waals surface area contributed by atoms with Crippen molar-refractivity contribution in [3.05, 3.63) is 54.1 Å². The molecule has 6 nitrogen and oxygen atoms in total. The first-order chi connectivity index (χ1) is 11.5. The molecule has 2 heterocycles. The van der Waals surface area contributed by atoms with Crippen LogP contribution in [0.4, 0.5) is 10.3 Å². The summed E-state index contributed by atoms with van der Waals surface area (Å²) in [6, 6.07) is 7.29. The van der Waals surface area contributed by atoms with Crippen LogP contribution in [0.25, 0.3) is 0 Å². The van der Waals surface area contributed by atoms with Crippen molar-refractivity contribution < 1.29 is 12.8 Å². The minimum atomic E-state index is -3.50. The average Bonchev–Trinajstić information content (AvgIpc) is 3.05. The van der Waals surface area contributed by atoms with E-state index < -0.39 is 15.3 Å². The lowest BCUT2D eigenvalue weighted by molar-refractivity contribution is 0.465. The van der Waals surface area contributed by atoms with Gasteiger partial charge in [0, 0.05) is 31.5 Å². The number of rotatable bonds is 5. The lowest BCUT2D eigenvalue weighted by atomic mass is 10.2. The minimum Gasteiger partial charge on any atom is -0.350 e. The van der Waals surface area contributed by atoms with Gasteiger partial charge < -0.3 is 5.32 Å². The van der Waals surface area contributed by atoms with E-state index in [4.69, 9.17) is 0 Å². The number of hydrogen-bond acceptors (Lipinski definition) is 5. The van der Waals surface area contributed by atoms with Gasteiger partial charge in [0.25, 0.3) is 0 Å². The van der Waals surface area contributed by atoms with Gasteiger partial charge in [-0.05, 0) is 37.1 Å². The number of aromatic nitrogens is 2. The van der Waals surface area contributed by atoms with Crippen LogP contribution in [-0.2, 0) is 10.0 Å². The van der Waals surface area contributed by atoms with Crippen molar-refractivity contribution in [2.45, 2.75) is 24.6 Å². The predicted octanol–water partition coefficient (Wildman–Crippen LogP) is 2.19. The highest BCUT2D eigenvalue weighted by Gasteiger charge is 2.35. The third kappa shape index (κ3) is 3.54. The Balaban J connectivity index is 1.68. The van der Waals surface area contributed by atoms with Crippen LogP contribution in [0.1, 0.15) is 24.2 Å². The van der Waals surface area contributed by atoms with E-state index in [9.17, 15) is 12.8 Å². The minimum absolute atomic E-state index is 0.0254. The Labute approximate surface area is 140 Å². The fourth-order valence-electron chi connectivity index (χ4n) is 2.76. The molecule has 0 amide bonds. The Bertz CT molecular complexity index is 783. The number of nitrogens with one attached hydrogen (secondary N) is 1. The maximum absolute atomic E-state index is 13.0. The summed E-state index contributed by atoms with van der Waals surface area (Å²) in [5, 5.41) is 2.43. The molecule has 0 aliphatic carbocycles. The highest BCUT2D eigenvalue weighted by atomic mass is 32.2. The van der Waals surface area contributed by atoms with E-state index in [1.165, 1.54) is 28.6 Å². The van der Waals surface area contributed by atoms with E-state index in [0.717, 1.165) is 0 Å². The molecule has 1 aromatic carbocycles. The summed E-state index contributed by atoms with van der Waals surface area (Å²) in [5.74, 6) is 0.116. The lowest BCUT2D eigenvalue weighted by Crippen LogP contribution is -2.34. The van der Waals surface area contributed by atoms with Crippen LogP contribution in [0.3, 0.4) is 0 Å². The van der Waals surface area contributed by atoms with Gasteiger partial charge in [0.15, 0.2) is 0 Å². The Hall–Kier alpha value is -2.06. The molecule has 2 atom stereocenters. The molecule has 1 fully saturated rings. The molecule has 2 aromatic rings. The second kappa shape index (κ2) is 6.82. The Morgan fingerprint density at radius 1 is 1.25 bits per heavy atom. The molecule has 128 valence electrons. The highest BCUT2D eigenvalue weighted by Crippen LogP contribution is 2.28. The summed E-state index contributed by atoms with van der Waals surface area (Å²) in [6.07, 6.45) is 3.96. The zero-order valence-corrected chi connectivity index (χ0v) is 14.1. The summed E-state index contributed by atoms with van der Waals surface area (Å²) in [7, 11) is -3.50. The van der Waals surface area contributed by atoms with Crippen LogP contribution in [0, 0.1) is 5.82 Å². The summed E-state index contributed by atoms with van der Waals surface area (Å²) in [6.45, 7) is 2.44. The molecule has 0 bridgehead atoms. The largest absolute Gasteiger partial charge is 0.350 e. The van der Waals surface area contributed by atoms with E-state index in [-0.39, 0.29) is 11.9 Å². The van der Waals surface area contributed by atoms with E-state index in [1.54, 1.807) is 25.4 Å². The molecule has 1 N–H and O–H groups in total. The molecule has 1 aliphatic rings. The molecule has 1 aliphatic heterocycles. The normalized spacial score (nSPS) is 20.0. The van der Waals surface area contributed by atoms with E-state index in [2.05, 4.69) is 15.3 Å². The van der Waals surface area contributed by atoms with Gasteiger partial charge in [0.05, 0.1) is 5.25 Å². The standard InChI is InChI=1S/C16H19FN4O2S/c1-12(13-3-5-14(17)6-4-13)24(22,23)21-10-7-15(11-21)20-16-18-8-2-9-19-16/h2-6,8-9,12,15H,7,10-11H2,1H3,(H,18,19,20). The molecule has 3 rings (SSSR count). The number of nitrogens with zero attached hydrogens (tertiary/aromatic N) is 3. The molecule has 24 heavy (non-hydrogen) atoms. The maximum atomic E-state index is 13.0. The van der Waals surface area contributed by atoms with Gasteiger partial charge in [-0.25, -0.2) is 22.8 Å². The van der Waals surface area contributed by atoms with Crippen molar-refractivity contribution in [3.63, 3.8) is 0 Å². The van der Waals surface area contributed by atoms with Crippen LogP contribution in [0.5, 0.6) is 0 Å². The second-order valence-electron chi connectivity index (χ2n) is 5.80. The van der Waals surface area contributed by atoms with Crippen LogP contribution < -0.4 is 5.32 Å². The number of sulfonamides is 1. The molecule has 8 heteroatoms. The summed E-state index contributed by atoms with van der Waals surface area (Å²) in [5.41, 5.74) is 0.583. The molecule has 2 unspecified atom stereocenters. The Morgan fingerprint density at radius 3 is 2.58 bits per heavy atom. The molecular weight excluding hydrogens is 331 g/mol. The van der Waals surface area contributed by atoms with Gasteiger partial charge in [-0.1, -0.05) is 12.1 Å². The van der Waals surface area contributed by atoms with Crippen molar-refractivity contribution in [1.82, 2.24) is 14.3 Å². The molecule has 0 radical (unpaired) electrons. The Kier molecular flexibility index (Phi) is 4.77. The first-order valence-corrected chi connectivity index (χ1v) is 9.25. The summed E-state index contributed by atoms with van der Waals surface area (Å²) < 4.78 is 40.1. The SMILES string of the molecule is CC(c1ccc(F)cc1)S(=O)(=O)N1CCC(Nc2ncccn2)C1. The van der Waals surface area contributed by atoms with Gasteiger partial charge in [0.1, 0.15) is 5.82 Å². The van der Waals surface area contributed by atoms with Gasteiger partial charge >= 0.3 is 0 Å². The van der Waals surface area contributed by atoms with Crippen LogP contribution in [-0.4, -0.2) is 41.8 Å². The first kappa shape index (κ1) is 16.8. The van der Waals surface area contributed by atoms with E-state index in [0.29, 0.717) is 31.0 Å². The molecule has 1 saturated heterocycles. The van der Waals surface area contributed by atoms with Crippen molar-refractivity contribution >= 4 is 16.0 Å². The molecular formula is C16H19FN4O2S. The Morgan fingerprint density at radius 2 is 1.92 bits per heavy atom. The fraction of sp³-hybridized carbons (Fsp3) is 0.375. The van der Waals surface area contributed by atoms with Crippen LogP contribution >= 0.6 is 0 Å². The maximum Gasteiger partial charge on any atom is 0.222 e. The number of halogens is 1. The fourth-order valence-corrected chi connectivity index (χ4v) is 4.46. The smallest absolute Gasteiger partial charge is 0.222 e. The third-order valence-corrected chi connectivity index (χ3v) is 6.41. The number of benzene rings is 1. The highest BCUT2D eigenvalue weighted by molar-refractivity contribution is 7.89. The van der Waals surface area contributed by atoms with Crippen molar-refractivity contribution in [2.24, 2.45) is 0 Å². The van der Waals surface area contributed by atoms with E-state index in [1.807, 2.05) is 0 Å². The zero-order chi connectivity index (χ0) is 17.2. The van der Waals surface area contributed by atoms with E-state index >= 15 is 0 Å². The zero-order valence-electron chi connectivity index (χ0n) is 13.3. The van der Waals surface area contributed by atoms with Crippen molar-refractivity contribution in [1.29, 1.82) is 0 Å². The van der Waals surface area contributed by atoms with Crippen LogP contribution in [0.15, 0.2) is 42.7 Å². The number of hydrogen-bond donors (Lipinski definition) is 1. The molecule has 0 saturated carbocycles. The average molecular weight is 350 g/mol. The quantitative estimate of drug-likeness (QED) is 0.895. The monoisotopic (exact) mass is 350 g/mol. The van der Waals surface area contributed by atoms with Crippen molar-refractivity contribution in [2.75, 3.05) is 18.4 Å². The first-order valence-electron chi connectivity index (χ1n) is 7.75. The second-order valence-corrected chi connectivity index (χ2v) is 8.05. The topological polar surface area (TPSA) is 75.2 Å².